The summed E-state index contributed by atoms with van der Waals surface area (Å²) >= 11 is 0. The molecule has 0 N–H and O–H groups in total. The molecule has 0 radical (unpaired) electrons. The number of halogens is 2. The van der Waals surface area contributed by atoms with Gasteiger partial charge < -0.3 is 9.26 Å². The Hall–Kier alpha value is -1.91. The highest BCUT2D eigenvalue weighted by Gasteiger charge is 2.10. The summed E-state index contributed by atoms with van der Waals surface area (Å²) in [5.41, 5.74) is 1.54. The van der Waals surface area contributed by atoms with Gasteiger partial charge in [-0.2, -0.15) is 0 Å². The van der Waals surface area contributed by atoms with Gasteiger partial charge in [-0.15, -0.1) is 0 Å². The molecular weight excluding hydrogens is 228 g/mol. The average Bonchev–Trinajstić information content (AvgIpc) is 2.61. The van der Waals surface area contributed by atoms with E-state index in [4.69, 9.17) is 9.26 Å². The Labute approximate surface area is 97.0 Å². The van der Waals surface area contributed by atoms with Crippen LogP contribution in [-0.4, -0.2) is 5.16 Å². The summed E-state index contributed by atoms with van der Waals surface area (Å²) in [4.78, 5) is 0. The maximum atomic E-state index is 12.9. The van der Waals surface area contributed by atoms with Crippen molar-refractivity contribution in [2.24, 2.45) is 0 Å². The predicted molar refractivity (Wildman–Crippen MR) is 56.7 cm³/mol. The van der Waals surface area contributed by atoms with Crippen molar-refractivity contribution in [3.8, 4) is 5.75 Å². The quantitative estimate of drug-likeness (QED) is 0.825. The molecule has 1 aromatic heterocycles. The standard InChI is InChI=1S/C12H11F2NO2/c1-7-10(8(2)17-15-7)6-16-9-3-4-11(13)12(14)5-9/h3-5H,6H2,1-2H3. The van der Waals surface area contributed by atoms with Crippen LogP contribution in [0, 0.1) is 25.5 Å². The third-order valence-electron chi connectivity index (χ3n) is 2.46. The normalized spacial score (nSPS) is 10.6. The number of nitrogens with zero attached hydrogens (tertiary/aromatic N) is 1. The van der Waals surface area contributed by atoms with Crippen LogP contribution in [0.4, 0.5) is 8.78 Å². The Bertz CT molecular complexity index is 518. The third-order valence-corrected chi connectivity index (χ3v) is 2.46. The van der Waals surface area contributed by atoms with E-state index in [2.05, 4.69) is 5.16 Å². The highest BCUT2D eigenvalue weighted by molar-refractivity contribution is 5.25. The molecule has 0 aliphatic heterocycles. The van der Waals surface area contributed by atoms with Crippen LogP contribution in [0.2, 0.25) is 0 Å². The number of aromatic nitrogens is 1. The van der Waals surface area contributed by atoms with Crippen molar-refractivity contribution < 1.29 is 18.0 Å². The van der Waals surface area contributed by atoms with Gasteiger partial charge in [0.15, 0.2) is 11.6 Å². The van der Waals surface area contributed by atoms with E-state index < -0.39 is 11.6 Å². The molecular formula is C12H11F2NO2. The highest BCUT2D eigenvalue weighted by Crippen LogP contribution is 2.19. The van der Waals surface area contributed by atoms with E-state index in [0.29, 0.717) is 5.76 Å². The summed E-state index contributed by atoms with van der Waals surface area (Å²) in [6, 6.07) is 3.40. The lowest BCUT2D eigenvalue weighted by Gasteiger charge is -2.05. The maximum Gasteiger partial charge on any atom is 0.162 e. The first-order chi connectivity index (χ1) is 8.08. The zero-order chi connectivity index (χ0) is 12.4. The van der Waals surface area contributed by atoms with E-state index in [1.54, 1.807) is 13.8 Å². The molecule has 5 heteroatoms. The van der Waals surface area contributed by atoms with E-state index in [0.717, 1.165) is 23.4 Å². The molecule has 0 aliphatic rings. The van der Waals surface area contributed by atoms with Gasteiger partial charge in [-0.3, -0.25) is 0 Å². The van der Waals surface area contributed by atoms with Crippen LogP contribution in [0.25, 0.3) is 0 Å². The van der Waals surface area contributed by atoms with Crippen LogP contribution in [0.3, 0.4) is 0 Å². The van der Waals surface area contributed by atoms with Gasteiger partial charge >= 0.3 is 0 Å². The molecule has 0 saturated carbocycles. The molecule has 1 aromatic carbocycles. The minimum atomic E-state index is -0.929. The number of aryl methyl sites for hydroxylation is 2. The molecule has 0 unspecified atom stereocenters. The van der Waals surface area contributed by atoms with E-state index in [-0.39, 0.29) is 12.4 Å². The average molecular weight is 239 g/mol. The molecule has 0 aliphatic carbocycles. The van der Waals surface area contributed by atoms with Crippen LogP contribution in [0.1, 0.15) is 17.0 Å². The lowest BCUT2D eigenvalue weighted by Crippen LogP contribution is -1.98. The van der Waals surface area contributed by atoms with Crippen molar-refractivity contribution >= 4 is 0 Å². The fraction of sp³-hybridized carbons (Fsp3) is 0.250. The van der Waals surface area contributed by atoms with Gasteiger partial charge in [-0.05, 0) is 26.0 Å². The van der Waals surface area contributed by atoms with Gasteiger partial charge in [0.1, 0.15) is 18.1 Å². The topological polar surface area (TPSA) is 35.3 Å². The molecule has 0 saturated heterocycles. The SMILES string of the molecule is Cc1noc(C)c1COc1ccc(F)c(F)c1. The number of hydrogen-bond donors (Lipinski definition) is 0. The third kappa shape index (κ3) is 2.43. The molecule has 17 heavy (non-hydrogen) atoms. The van der Waals surface area contributed by atoms with Crippen LogP contribution < -0.4 is 4.74 Å². The van der Waals surface area contributed by atoms with Crippen molar-refractivity contribution in [2.75, 3.05) is 0 Å². The Balaban J connectivity index is 2.10. The van der Waals surface area contributed by atoms with Gasteiger partial charge in [0, 0.05) is 6.07 Å². The van der Waals surface area contributed by atoms with Crippen molar-refractivity contribution in [3.63, 3.8) is 0 Å². The molecule has 0 spiro atoms. The fourth-order valence-corrected chi connectivity index (χ4v) is 1.43. The summed E-state index contributed by atoms with van der Waals surface area (Å²) in [6.07, 6.45) is 0. The molecule has 90 valence electrons. The highest BCUT2D eigenvalue weighted by atomic mass is 19.2. The largest absolute Gasteiger partial charge is 0.489 e. The summed E-state index contributed by atoms with van der Waals surface area (Å²) < 4.78 is 35.9. The first-order valence-electron chi connectivity index (χ1n) is 5.07. The van der Waals surface area contributed by atoms with Crippen molar-refractivity contribution in [2.45, 2.75) is 20.5 Å². The summed E-state index contributed by atoms with van der Waals surface area (Å²) in [7, 11) is 0. The van der Waals surface area contributed by atoms with E-state index in [1.807, 2.05) is 0 Å². The van der Waals surface area contributed by atoms with Crippen molar-refractivity contribution in [3.05, 3.63) is 46.9 Å². The van der Waals surface area contributed by atoms with E-state index in [9.17, 15) is 8.78 Å². The van der Waals surface area contributed by atoms with Gasteiger partial charge in [-0.25, -0.2) is 8.78 Å². The van der Waals surface area contributed by atoms with Crippen LogP contribution >= 0.6 is 0 Å². The Morgan fingerprint density at radius 1 is 1.24 bits per heavy atom. The number of ether oxygens (including phenoxy) is 1. The summed E-state index contributed by atoms with van der Waals surface area (Å²) in [6.45, 7) is 3.77. The van der Waals surface area contributed by atoms with E-state index in [1.165, 1.54) is 6.07 Å². The zero-order valence-electron chi connectivity index (χ0n) is 9.46. The van der Waals surface area contributed by atoms with Crippen molar-refractivity contribution in [1.82, 2.24) is 5.16 Å². The maximum absolute atomic E-state index is 12.9. The Morgan fingerprint density at radius 2 is 2.00 bits per heavy atom. The van der Waals surface area contributed by atoms with Crippen LogP contribution in [0.15, 0.2) is 22.7 Å². The smallest absolute Gasteiger partial charge is 0.162 e. The second kappa shape index (κ2) is 4.53. The first kappa shape index (κ1) is 11.6. The molecule has 1 heterocycles. The summed E-state index contributed by atoms with van der Waals surface area (Å²) in [5.74, 6) is -0.898. The number of hydrogen-bond acceptors (Lipinski definition) is 3. The second-order valence-corrected chi connectivity index (χ2v) is 3.67. The lowest BCUT2D eigenvalue weighted by atomic mass is 10.2. The van der Waals surface area contributed by atoms with Crippen LogP contribution in [0.5, 0.6) is 5.75 Å². The summed E-state index contributed by atoms with van der Waals surface area (Å²) in [5, 5.41) is 3.77. The first-order valence-corrected chi connectivity index (χ1v) is 5.07. The van der Waals surface area contributed by atoms with Gasteiger partial charge in [0.05, 0.1) is 11.3 Å². The van der Waals surface area contributed by atoms with Gasteiger partial charge in [0.25, 0.3) is 0 Å². The van der Waals surface area contributed by atoms with Crippen molar-refractivity contribution in [1.29, 1.82) is 0 Å². The predicted octanol–water partition coefficient (Wildman–Crippen LogP) is 3.15. The Morgan fingerprint density at radius 3 is 2.59 bits per heavy atom. The molecule has 2 rings (SSSR count). The molecule has 0 bridgehead atoms. The fourth-order valence-electron chi connectivity index (χ4n) is 1.43. The molecule has 3 nitrogen and oxygen atoms in total. The number of rotatable bonds is 3. The molecule has 2 aromatic rings. The monoisotopic (exact) mass is 239 g/mol. The molecule has 0 amide bonds. The van der Waals surface area contributed by atoms with Gasteiger partial charge in [-0.1, -0.05) is 5.16 Å². The zero-order valence-corrected chi connectivity index (χ0v) is 9.46. The minimum absolute atomic E-state index is 0.215. The second-order valence-electron chi connectivity index (χ2n) is 3.67. The Kier molecular flexibility index (Phi) is 3.08. The van der Waals surface area contributed by atoms with E-state index >= 15 is 0 Å². The van der Waals surface area contributed by atoms with Gasteiger partial charge in [0.2, 0.25) is 0 Å². The lowest BCUT2D eigenvalue weighted by molar-refractivity contribution is 0.299. The minimum Gasteiger partial charge on any atom is -0.489 e. The van der Waals surface area contributed by atoms with Crippen LogP contribution in [-0.2, 0) is 6.61 Å². The molecule has 0 atom stereocenters. The molecule has 0 fully saturated rings. The number of benzene rings is 1.